The number of rotatable bonds is 4. The number of oxazole rings is 1. The minimum Gasteiger partial charge on any atom is -0.493 e. The number of nitrogens with one attached hydrogen (secondary N) is 1. The van der Waals surface area contributed by atoms with Crippen molar-refractivity contribution in [3.63, 3.8) is 0 Å². The van der Waals surface area contributed by atoms with Crippen molar-refractivity contribution in [1.82, 2.24) is 9.88 Å². The van der Waals surface area contributed by atoms with E-state index in [1.807, 2.05) is 23.1 Å². The van der Waals surface area contributed by atoms with Crippen LogP contribution in [0.2, 0.25) is 0 Å². The Labute approximate surface area is 161 Å². The van der Waals surface area contributed by atoms with Gasteiger partial charge in [0.2, 0.25) is 0 Å². The molecule has 8 nitrogen and oxygen atoms in total. The molecule has 1 saturated heterocycles. The fraction of sp³-hybridized carbons (Fsp3) is 0.300. The first-order valence-corrected chi connectivity index (χ1v) is 8.98. The summed E-state index contributed by atoms with van der Waals surface area (Å²) in [6, 6.07) is 10.8. The lowest BCUT2D eigenvalue weighted by atomic mass is 10.1. The van der Waals surface area contributed by atoms with E-state index in [9.17, 15) is 9.59 Å². The van der Waals surface area contributed by atoms with Crippen molar-refractivity contribution in [3.05, 3.63) is 52.5 Å². The van der Waals surface area contributed by atoms with Crippen LogP contribution in [-0.2, 0) is 0 Å². The second-order valence-electron chi connectivity index (χ2n) is 6.54. The van der Waals surface area contributed by atoms with Crippen molar-refractivity contribution in [3.8, 4) is 11.5 Å². The summed E-state index contributed by atoms with van der Waals surface area (Å²) in [6.45, 7) is 2.59. The molecule has 4 rings (SSSR count). The van der Waals surface area contributed by atoms with E-state index in [1.54, 1.807) is 32.4 Å². The van der Waals surface area contributed by atoms with Crippen molar-refractivity contribution < 1.29 is 18.7 Å². The van der Waals surface area contributed by atoms with E-state index < -0.39 is 5.76 Å². The quantitative estimate of drug-likeness (QED) is 0.742. The average Bonchev–Trinajstić information content (AvgIpc) is 3.12. The standard InChI is InChI=1S/C20H21N3O5/c1-26-16-6-3-13(11-18(16)27-2)19(24)23-9-7-22(8-10-23)14-4-5-15-17(12-14)28-20(25)21-15/h3-6,11-12H,7-10H2,1-2H3,(H,21,25). The summed E-state index contributed by atoms with van der Waals surface area (Å²) in [4.78, 5) is 30.8. The maximum atomic E-state index is 12.8. The Kier molecular flexibility index (Phi) is 4.68. The number of ether oxygens (including phenoxy) is 2. The van der Waals surface area contributed by atoms with E-state index in [0.29, 0.717) is 54.3 Å². The van der Waals surface area contributed by atoms with Gasteiger partial charge >= 0.3 is 5.76 Å². The monoisotopic (exact) mass is 383 g/mol. The lowest BCUT2D eigenvalue weighted by Crippen LogP contribution is -2.48. The zero-order valence-electron chi connectivity index (χ0n) is 15.7. The van der Waals surface area contributed by atoms with Gasteiger partial charge in [0.1, 0.15) is 0 Å². The Balaban J connectivity index is 1.45. The van der Waals surface area contributed by atoms with Crippen LogP contribution in [0.5, 0.6) is 11.5 Å². The van der Waals surface area contributed by atoms with Crippen LogP contribution in [0.3, 0.4) is 0 Å². The molecule has 0 bridgehead atoms. The predicted molar refractivity (Wildman–Crippen MR) is 104 cm³/mol. The van der Waals surface area contributed by atoms with Crippen LogP contribution in [0.1, 0.15) is 10.4 Å². The van der Waals surface area contributed by atoms with Gasteiger partial charge in [0.05, 0.1) is 19.7 Å². The number of hydrogen-bond acceptors (Lipinski definition) is 6. The van der Waals surface area contributed by atoms with E-state index in [-0.39, 0.29) is 5.91 Å². The molecule has 1 fully saturated rings. The number of aromatic nitrogens is 1. The van der Waals surface area contributed by atoms with Gasteiger partial charge in [-0.3, -0.25) is 9.78 Å². The summed E-state index contributed by atoms with van der Waals surface area (Å²) in [7, 11) is 3.11. The molecule has 0 spiro atoms. The van der Waals surface area contributed by atoms with Gasteiger partial charge in [-0.1, -0.05) is 0 Å². The first-order chi connectivity index (χ1) is 13.6. The highest BCUT2D eigenvalue weighted by Crippen LogP contribution is 2.28. The van der Waals surface area contributed by atoms with Crippen molar-refractivity contribution >= 4 is 22.7 Å². The number of carbonyl (C=O) groups excluding carboxylic acids is 1. The molecule has 2 aromatic carbocycles. The number of hydrogen-bond donors (Lipinski definition) is 1. The Morgan fingerprint density at radius 3 is 2.46 bits per heavy atom. The third-order valence-corrected chi connectivity index (χ3v) is 4.97. The Bertz CT molecular complexity index is 1060. The zero-order chi connectivity index (χ0) is 19.7. The number of aromatic amines is 1. The molecule has 3 aromatic rings. The topological polar surface area (TPSA) is 88.0 Å². The first kappa shape index (κ1) is 18.0. The number of piperazine rings is 1. The van der Waals surface area contributed by atoms with E-state index in [0.717, 1.165) is 5.69 Å². The van der Waals surface area contributed by atoms with Gasteiger partial charge in [-0.15, -0.1) is 0 Å². The predicted octanol–water partition coefficient (Wildman–Crippen LogP) is 2.10. The van der Waals surface area contributed by atoms with Crippen molar-refractivity contribution in [2.75, 3.05) is 45.3 Å². The van der Waals surface area contributed by atoms with Crippen LogP contribution in [0.15, 0.2) is 45.6 Å². The van der Waals surface area contributed by atoms with Crippen LogP contribution < -0.4 is 20.1 Å². The van der Waals surface area contributed by atoms with Gasteiger partial charge in [-0.2, -0.15) is 0 Å². The molecule has 0 atom stereocenters. The molecule has 0 radical (unpaired) electrons. The number of amides is 1. The molecule has 28 heavy (non-hydrogen) atoms. The van der Waals surface area contributed by atoms with Gasteiger partial charge in [-0.25, -0.2) is 4.79 Å². The fourth-order valence-corrected chi connectivity index (χ4v) is 3.45. The Morgan fingerprint density at radius 1 is 1.00 bits per heavy atom. The molecule has 0 unspecified atom stereocenters. The Morgan fingerprint density at radius 2 is 1.75 bits per heavy atom. The summed E-state index contributed by atoms with van der Waals surface area (Å²) >= 11 is 0. The highest BCUT2D eigenvalue weighted by Gasteiger charge is 2.23. The van der Waals surface area contributed by atoms with Crippen LogP contribution in [0.4, 0.5) is 5.69 Å². The van der Waals surface area contributed by atoms with Crippen molar-refractivity contribution in [1.29, 1.82) is 0 Å². The molecule has 1 N–H and O–H groups in total. The highest BCUT2D eigenvalue weighted by atomic mass is 16.5. The molecule has 146 valence electrons. The maximum Gasteiger partial charge on any atom is 0.417 e. The number of methoxy groups -OCH3 is 2. The lowest BCUT2D eigenvalue weighted by Gasteiger charge is -2.36. The molecule has 1 aliphatic rings. The molecule has 0 saturated carbocycles. The average molecular weight is 383 g/mol. The van der Waals surface area contributed by atoms with Crippen LogP contribution in [0.25, 0.3) is 11.1 Å². The van der Waals surface area contributed by atoms with Crippen LogP contribution >= 0.6 is 0 Å². The summed E-state index contributed by atoms with van der Waals surface area (Å²) in [5.41, 5.74) is 2.75. The third kappa shape index (κ3) is 3.28. The van der Waals surface area contributed by atoms with Gasteiger partial charge in [0.15, 0.2) is 17.1 Å². The van der Waals surface area contributed by atoms with Crippen LogP contribution in [-0.4, -0.2) is 56.2 Å². The zero-order valence-corrected chi connectivity index (χ0v) is 15.7. The number of H-pyrrole nitrogens is 1. The number of fused-ring (bicyclic) bond motifs is 1. The second-order valence-corrected chi connectivity index (χ2v) is 6.54. The number of nitrogens with zero attached hydrogens (tertiary/aromatic N) is 2. The normalized spacial score (nSPS) is 14.4. The SMILES string of the molecule is COc1ccc(C(=O)N2CCN(c3ccc4[nH]c(=O)oc4c3)CC2)cc1OC. The number of carbonyl (C=O) groups is 1. The summed E-state index contributed by atoms with van der Waals surface area (Å²) < 4.78 is 15.6. The lowest BCUT2D eigenvalue weighted by molar-refractivity contribution is 0.0746. The molecule has 2 heterocycles. The maximum absolute atomic E-state index is 12.8. The summed E-state index contributed by atoms with van der Waals surface area (Å²) in [5, 5.41) is 0. The summed E-state index contributed by atoms with van der Waals surface area (Å²) in [6.07, 6.45) is 0. The first-order valence-electron chi connectivity index (χ1n) is 8.98. The fourth-order valence-electron chi connectivity index (χ4n) is 3.45. The van der Waals surface area contributed by atoms with Gasteiger partial charge < -0.3 is 23.7 Å². The third-order valence-electron chi connectivity index (χ3n) is 4.97. The van der Waals surface area contributed by atoms with E-state index >= 15 is 0 Å². The van der Waals surface area contributed by atoms with E-state index in [4.69, 9.17) is 13.9 Å². The smallest absolute Gasteiger partial charge is 0.417 e. The van der Waals surface area contributed by atoms with Crippen LogP contribution in [0, 0.1) is 0 Å². The minimum atomic E-state index is -0.461. The van der Waals surface area contributed by atoms with E-state index in [2.05, 4.69) is 9.88 Å². The largest absolute Gasteiger partial charge is 0.493 e. The molecule has 0 aliphatic carbocycles. The van der Waals surface area contributed by atoms with Gasteiger partial charge in [0, 0.05) is 43.5 Å². The van der Waals surface area contributed by atoms with Crippen molar-refractivity contribution in [2.45, 2.75) is 0 Å². The van der Waals surface area contributed by atoms with Gasteiger partial charge in [0.25, 0.3) is 5.91 Å². The molecule has 1 aromatic heterocycles. The number of anilines is 1. The van der Waals surface area contributed by atoms with Crippen molar-refractivity contribution in [2.24, 2.45) is 0 Å². The molecule has 8 heteroatoms. The molecular weight excluding hydrogens is 362 g/mol. The number of benzene rings is 2. The van der Waals surface area contributed by atoms with Gasteiger partial charge in [-0.05, 0) is 30.3 Å². The molecule has 1 amide bonds. The molecular formula is C20H21N3O5. The highest BCUT2D eigenvalue weighted by molar-refractivity contribution is 5.95. The minimum absolute atomic E-state index is 0.0345. The summed E-state index contributed by atoms with van der Waals surface area (Å²) in [5.74, 6) is 0.633. The molecule has 1 aliphatic heterocycles. The van der Waals surface area contributed by atoms with E-state index in [1.165, 1.54) is 0 Å². The second kappa shape index (κ2) is 7.30. The Hall–Kier alpha value is -3.42.